The first-order valence-corrected chi connectivity index (χ1v) is 9.89. The molecule has 0 aliphatic rings. The van der Waals surface area contributed by atoms with Gasteiger partial charge >= 0.3 is 0 Å². The minimum Gasteiger partial charge on any atom is -0.496 e. The van der Waals surface area contributed by atoms with Crippen LogP contribution in [0.3, 0.4) is 0 Å². The molecule has 0 aliphatic heterocycles. The van der Waals surface area contributed by atoms with Crippen LogP contribution in [-0.2, 0) is 24.4 Å². The second-order valence-electron chi connectivity index (χ2n) is 6.96. The number of benzene rings is 2. The maximum absolute atomic E-state index is 13.3. The molecule has 7 nitrogen and oxygen atoms in total. The zero-order valence-electron chi connectivity index (χ0n) is 17.6. The van der Waals surface area contributed by atoms with E-state index in [9.17, 15) is 9.18 Å². The van der Waals surface area contributed by atoms with Crippen LogP contribution in [0.2, 0.25) is 0 Å². The molecule has 0 bridgehead atoms. The Labute approximate surface area is 180 Å². The number of oxazole rings is 1. The fraction of sp³-hybridized carbons (Fsp3) is 0.304. The highest BCUT2D eigenvalue weighted by atomic mass is 19.1. The SMILES string of the molecule is COCCNC(=O)c1coc(CN(Cc2ccc(F)cc2)Cc2ccccc2OC)n1. The van der Waals surface area contributed by atoms with Gasteiger partial charge < -0.3 is 19.2 Å². The molecular formula is C23H26FN3O4. The van der Waals surface area contributed by atoms with Crippen LogP contribution in [0.5, 0.6) is 5.75 Å². The van der Waals surface area contributed by atoms with Crippen LogP contribution in [0.15, 0.2) is 59.2 Å². The summed E-state index contributed by atoms with van der Waals surface area (Å²) in [4.78, 5) is 18.6. The lowest BCUT2D eigenvalue weighted by molar-refractivity contribution is 0.0932. The van der Waals surface area contributed by atoms with E-state index in [0.717, 1.165) is 16.9 Å². The van der Waals surface area contributed by atoms with Crippen molar-refractivity contribution >= 4 is 5.91 Å². The number of rotatable bonds is 11. The number of para-hydroxylation sites is 1. The second kappa shape index (κ2) is 11.2. The van der Waals surface area contributed by atoms with Gasteiger partial charge in [0.1, 0.15) is 17.8 Å². The van der Waals surface area contributed by atoms with Crippen LogP contribution < -0.4 is 10.1 Å². The number of hydrogen-bond acceptors (Lipinski definition) is 6. The number of ether oxygens (including phenoxy) is 2. The van der Waals surface area contributed by atoms with Crippen LogP contribution in [-0.4, -0.2) is 43.2 Å². The summed E-state index contributed by atoms with van der Waals surface area (Å²) in [6, 6.07) is 14.1. The predicted octanol–water partition coefficient (Wildman–Crippen LogP) is 3.40. The number of nitrogens with zero attached hydrogens (tertiary/aromatic N) is 2. The lowest BCUT2D eigenvalue weighted by Gasteiger charge is -2.22. The highest BCUT2D eigenvalue weighted by Gasteiger charge is 2.17. The lowest BCUT2D eigenvalue weighted by Crippen LogP contribution is -2.27. The molecule has 0 saturated heterocycles. The largest absolute Gasteiger partial charge is 0.496 e. The first kappa shape index (κ1) is 22.5. The highest BCUT2D eigenvalue weighted by molar-refractivity contribution is 5.91. The number of methoxy groups -OCH3 is 2. The summed E-state index contributed by atoms with van der Waals surface area (Å²) in [6.45, 7) is 2.26. The van der Waals surface area contributed by atoms with Gasteiger partial charge in [-0.25, -0.2) is 9.37 Å². The molecule has 1 N–H and O–H groups in total. The van der Waals surface area contributed by atoms with E-state index < -0.39 is 0 Å². The van der Waals surface area contributed by atoms with Gasteiger partial charge in [-0.05, 0) is 23.8 Å². The zero-order chi connectivity index (χ0) is 22.1. The molecule has 8 heteroatoms. The fourth-order valence-electron chi connectivity index (χ4n) is 3.13. The highest BCUT2D eigenvalue weighted by Crippen LogP contribution is 2.22. The topological polar surface area (TPSA) is 76.8 Å². The molecule has 3 rings (SSSR count). The van der Waals surface area contributed by atoms with Crippen molar-refractivity contribution in [2.75, 3.05) is 27.4 Å². The molecule has 0 saturated carbocycles. The third-order valence-electron chi connectivity index (χ3n) is 4.64. The van der Waals surface area contributed by atoms with Gasteiger partial charge in [0, 0.05) is 32.3 Å². The predicted molar refractivity (Wildman–Crippen MR) is 113 cm³/mol. The summed E-state index contributed by atoms with van der Waals surface area (Å²) in [7, 11) is 3.20. The fourth-order valence-corrected chi connectivity index (χ4v) is 3.13. The van der Waals surface area contributed by atoms with E-state index in [4.69, 9.17) is 13.9 Å². The van der Waals surface area contributed by atoms with E-state index in [1.54, 1.807) is 26.4 Å². The molecule has 0 unspecified atom stereocenters. The van der Waals surface area contributed by atoms with E-state index in [0.29, 0.717) is 38.7 Å². The molecule has 0 atom stereocenters. The Bertz CT molecular complexity index is 975. The number of hydrogen-bond donors (Lipinski definition) is 1. The molecule has 1 aromatic heterocycles. The van der Waals surface area contributed by atoms with Gasteiger partial charge in [-0.15, -0.1) is 0 Å². The smallest absolute Gasteiger partial charge is 0.273 e. The third-order valence-corrected chi connectivity index (χ3v) is 4.64. The lowest BCUT2D eigenvalue weighted by atomic mass is 10.1. The normalized spacial score (nSPS) is 11.0. The molecule has 3 aromatic rings. The Morgan fingerprint density at radius 1 is 1.10 bits per heavy atom. The molecule has 1 amide bonds. The average molecular weight is 427 g/mol. The van der Waals surface area contributed by atoms with E-state index in [1.165, 1.54) is 18.4 Å². The van der Waals surface area contributed by atoms with Crippen LogP contribution in [0.1, 0.15) is 27.5 Å². The third kappa shape index (κ3) is 6.63. The summed E-state index contributed by atoms with van der Waals surface area (Å²) in [5.74, 6) is 0.588. The van der Waals surface area contributed by atoms with Gasteiger partial charge in [0.2, 0.25) is 5.89 Å². The molecule has 1 heterocycles. The van der Waals surface area contributed by atoms with E-state index >= 15 is 0 Å². The first-order valence-electron chi connectivity index (χ1n) is 9.89. The van der Waals surface area contributed by atoms with Crippen LogP contribution in [0.4, 0.5) is 4.39 Å². The summed E-state index contributed by atoms with van der Waals surface area (Å²) >= 11 is 0. The molecule has 2 aromatic carbocycles. The maximum atomic E-state index is 13.3. The second-order valence-corrected chi connectivity index (χ2v) is 6.96. The molecule has 164 valence electrons. The summed E-state index contributed by atoms with van der Waals surface area (Å²) in [5.41, 5.74) is 2.15. The maximum Gasteiger partial charge on any atom is 0.273 e. The quantitative estimate of drug-likeness (QED) is 0.473. The van der Waals surface area contributed by atoms with Gasteiger partial charge in [0.05, 0.1) is 20.3 Å². The molecule has 31 heavy (non-hydrogen) atoms. The van der Waals surface area contributed by atoms with Gasteiger partial charge in [0.15, 0.2) is 5.69 Å². The standard InChI is InChI=1S/C23H26FN3O4/c1-29-12-11-25-23(28)20-16-31-22(26-20)15-27(13-17-7-9-19(24)10-8-17)14-18-5-3-4-6-21(18)30-2/h3-10,16H,11-15H2,1-2H3,(H,25,28). The number of nitrogens with one attached hydrogen (secondary N) is 1. The molecule has 0 radical (unpaired) electrons. The Kier molecular flexibility index (Phi) is 8.14. The van der Waals surface area contributed by atoms with E-state index in [2.05, 4.69) is 15.2 Å². The number of amides is 1. The van der Waals surface area contributed by atoms with Gasteiger partial charge in [-0.2, -0.15) is 0 Å². The Morgan fingerprint density at radius 3 is 2.61 bits per heavy atom. The van der Waals surface area contributed by atoms with Crippen LogP contribution >= 0.6 is 0 Å². The molecule has 0 spiro atoms. The number of carbonyl (C=O) groups excluding carboxylic acids is 1. The first-order chi connectivity index (χ1) is 15.1. The van der Waals surface area contributed by atoms with Crippen molar-refractivity contribution in [1.82, 2.24) is 15.2 Å². The van der Waals surface area contributed by atoms with E-state index in [1.807, 2.05) is 24.3 Å². The Hall–Kier alpha value is -3.23. The molecule has 0 aliphatic carbocycles. The molecular weight excluding hydrogens is 401 g/mol. The summed E-state index contributed by atoms with van der Waals surface area (Å²) < 4.78 is 29.2. The zero-order valence-corrected chi connectivity index (χ0v) is 17.6. The van der Waals surface area contributed by atoms with Crippen molar-refractivity contribution < 1.29 is 23.1 Å². The molecule has 0 fully saturated rings. The van der Waals surface area contributed by atoms with Crippen molar-refractivity contribution in [3.63, 3.8) is 0 Å². The average Bonchev–Trinajstić information content (AvgIpc) is 3.24. The van der Waals surface area contributed by atoms with Gasteiger partial charge in [-0.3, -0.25) is 9.69 Å². The van der Waals surface area contributed by atoms with Crippen molar-refractivity contribution in [3.05, 3.63) is 83.3 Å². The van der Waals surface area contributed by atoms with Crippen molar-refractivity contribution in [2.24, 2.45) is 0 Å². The monoisotopic (exact) mass is 427 g/mol. The van der Waals surface area contributed by atoms with Crippen molar-refractivity contribution in [3.8, 4) is 5.75 Å². The van der Waals surface area contributed by atoms with Crippen molar-refractivity contribution in [2.45, 2.75) is 19.6 Å². The van der Waals surface area contributed by atoms with Crippen molar-refractivity contribution in [1.29, 1.82) is 0 Å². The van der Waals surface area contributed by atoms with E-state index in [-0.39, 0.29) is 17.4 Å². The Balaban J connectivity index is 1.74. The van der Waals surface area contributed by atoms with Crippen LogP contribution in [0.25, 0.3) is 0 Å². The minimum atomic E-state index is -0.318. The van der Waals surface area contributed by atoms with Crippen LogP contribution in [0, 0.1) is 5.82 Å². The van der Waals surface area contributed by atoms with Gasteiger partial charge in [-0.1, -0.05) is 30.3 Å². The minimum absolute atomic E-state index is 0.213. The number of carbonyl (C=O) groups is 1. The Morgan fingerprint density at radius 2 is 1.87 bits per heavy atom. The summed E-state index contributed by atoms with van der Waals surface area (Å²) in [5, 5.41) is 2.71. The van der Waals surface area contributed by atoms with Gasteiger partial charge in [0.25, 0.3) is 5.91 Å². The number of aromatic nitrogens is 1. The number of halogens is 1. The summed E-state index contributed by atoms with van der Waals surface area (Å²) in [6.07, 6.45) is 1.34.